The van der Waals surface area contributed by atoms with E-state index in [1.54, 1.807) is 0 Å². The van der Waals surface area contributed by atoms with Crippen molar-refractivity contribution >= 4 is 14.8 Å². The van der Waals surface area contributed by atoms with Crippen molar-refractivity contribution in [2.24, 2.45) is 0 Å². The minimum absolute atomic E-state index is 0.442. The van der Waals surface area contributed by atoms with Gasteiger partial charge in [-0.05, 0) is 20.8 Å². The zero-order chi connectivity index (χ0) is 23.0. The molecule has 1 atom stereocenters. The van der Waals surface area contributed by atoms with Gasteiger partial charge in [0.2, 0.25) is 0 Å². The molecule has 0 radical (unpaired) electrons. The van der Waals surface area contributed by atoms with Gasteiger partial charge < -0.3 is 7.58 Å². The van der Waals surface area contributed by atoms with E-state index >= 15 is 0 Å². The van der Waals surface area contributed by atoms with Crippen LogP contribution in [0.25, 0.3) is 0 Å². The zero-order valence-corrected chi connectivity index (χ0v) is 15.5. The summed E-state index contributed by atoms with van der Waals surface area (Å²) in [4.78, 5) is -6.25. The summed E-state index contributed by atoms with van der Waals surface area (Å²) in [7, 11) is 0. The van der Waals surface area contributed by atoms with E-state index in [2.05, 4.69) is 7.58 Å². The summed E-state index contributed by atoms with van der Waals surface area (Å²) in [5.41, 5.74) is 0. The first-order valence-electron chi connectivity index (χ1n) is 7.35. The molecule has 0 aromatic carbocycles. The van der Waals surface area contributed by atoms with E-state index in [-0.39, 0.29) is 0 Å². The van der Waals surface area contributed by atoms with E-state index in [1.165, 1.54) is 0 Å². The Morgan fingerprint density at radius 3 is 1.25 bits per heavy atom. The van der Waals surface area contributed by atoms with Crippen LogP contribution < -0.4 is 0 Å². The second-order valence-electron chi connectivity index (χ2n) is 5.40. The molecule has 16 heteroatoms. The first kappa shape index (κ1) is 27.5. The molecule has 1 unspecified atom stereocenters. The van der Waals surface area contributed by atoms with E-state index in [0.717, 1.165) is 13.8 Å². The molecule has 0 amide bonds. The van der Waals surface area contributed by atoms with Gasteiger partial charge in [-0.3, -0.25) is 0 Å². The summed E-state index contributed by atoms with van der Waals surface area (Å²) in [6.07, 6.45) is -4.22. The highest BCUT2D eigenvalue weighted by atomic mass is 27.2. The normalized spacial score (nSPS) is 16.3. The summed E-state index contributed by atoms with van der Waals surface area (Å²) >= 11 is -5.26. The van der Waals surface area contributed by atoms with Crippen LogP contribution in [0.3, 0.4) is 0 Å². The zero-order valence-electron chi connectivity index (χ0n) is 14.3. The van der Waals surface area contributed by atoms with Gasteiger partial charge in [0.15, 0.2) is 6.17 Å². The maximum absolute atomic E-state index is 13.9. The second kappa shape index (κ2) is 8.35. The first-order valence-corrected chi connectivity index (χ1v) is 8.87. The van der Waals surface area contributed by atoms with Crippen LogP contribution in [-0.2, 0) is 7.58 Å². The maximum atomic E-state index is 13.9. The third-order valence-electron chi connectivity index (χ3n) is 3.45. The van der Waals surface area contributed by atoms with Gasteiger partial charge in [0.25, 0.3) is 0 Å². The number of hydrogen-bond donors (Lipinski definition) is 0. The Labute approximate surface area is 155 Å². The van der Waals surface area contributed by atoms with Gasteiger partial charge in [-0.25, -0.2) is 13.2 Å². The number of hydrogen-bond acceptors (Lipinski definition) is 2. The molecule has 0 heterocycles. The van der Waals surface area contributed by atoms with Crippen molar-refractivity contribution in [3.05, 3.63) is 0 Å². The lowest BCUT2D eigenvalue weighted by Crippen LogP contribution is -2.73. The number of halogens is 13. The largest absolute Gasteiger partial charge is 0.767 e. The van der Waals surface area contributed by atoms with Gasteiger partial charge in [-0.1, -0.05) is 0 Å². The summed E-state index contributed by atoms with van der Waals surface area (Å²) < 4.78 is 183. The third-order valence-corrected chi connectivity index (χ3v) is 5.68. The molecule has 0 spiro atoms. The van der Waals surface area contributed by atoms with E-state index < -0.39 is 75.5 Å². The lowest BCUT2D eigenvalue weighted by molar-refractivity contribution is -0.422. The van der Waals surface area contributed by atoms with Gasteiger partial charge in [0, 0.05) is 13.2 Å². The minimum atomic E-state index is -7.80. The maximum Gasteiger partial charge on any atom is 0.767 e. The average Bonchev–Trinajstić information content (AvgIpc) is 2.53. The van der Waals surface area contributed by atoms with E-state index in [1.807, 2.05) is 0 Å². The Hall–Kier alpha value is -0.458. The van der Waals surface area contributed by atoms with Crippen LogP contribution >= 0.6 is 0 Å². The Morgan fingerprint density at radius 1 is 0.643 bits per heavy atom. The van der Waals surface area contributed by atoms with Crippen molar-refractivity contribution in [3.8, 4) is 0 Å². The van der Waals surface area contributed by atoms with Gasteiger partial charge in [-0.2, -0.15) is 43.9 Å². The first-order chi connectivity index (χ1) is 12.2. The molecule has 0 fully saturated rings. The fraction of sp³-hybridized carbons (Fsp3) is 1.00. The highest BCUT2D eigenvalue weighted by Crippen LogP contribution is 2.61. The summed E-state index contributed by atoms with van der Waals surface area (Å²) in [5.74, 6) is -36.9. The topological polar surface area (TPSA) is 18.5 Å². The van der Waals surface area contributed by atoms with Gasteiger partial charge in [-0.15, -0.1) is 0 Å². The Balaban J connectivity index is 6.44. The fourth-order valence-electron chi connectivity index (χ4n) is 1.77. The summed E-state index contributed by atoms with van der Waals surface area (Å²) in [6.45, 7) is -0.285. The Bertz CT molecular complexity index is 518. The molecular weight excluding hydrogens is 450 g/mol. The minimum Gasteiger partial charge on any atom is -0.475 e. The Morgan fingerprint density at radius 2 is 0.964 bits per heavy atom. The highest BCUT2D eigenvalue weighted by Gasteiger charge is 2.92. The SMILES string of the molecule is CC[O][Al]([O]CC)[C](F)(F)C(F)(F)C(F)(F)C(F)(F)C(F)(F)C(F)(F)C(C)F. The average molecular weight is 464 g/mol. The van der Waals surface area contributed by atoms with E-state index in [0.29, 0.717) is 0 Å². The third kappa shape index (κ3) is 3.93. The quantitative estimate of drug-likeness (QED) is 0.307. The highest BCUT2D eigenvalue weighted by molar-refractivity contribution is 6.48. The number of alkyl halides is 13. The molecule has 0 bridgehead atoms. The van der Waals surface area contributed by atoms with Crippen molar-refractivity contribution in [1.29, 1.82) is 0 Å². The molecular formula is C12H14AlF13O2. The van der Waals surface area contributed by atoms with E-state index in [9.17, 15) is 57.1 Å². The smallest absolute Gasteiger partial charge is 0.475 e. The monoisotopic (exact) mass is 464 g/mol. The fourth-order valence-corrected chi connectivity index (χ4v) is 3.37. The van der Waals surface area contributed by atoms with Crippen molar-refractivity contribution in [2.75, 3.05) is 13.2 Å². The molecule has 168 valence electrons. The van der Waals surface area contributed by atoms with Gasteiger partial charge >= 0.3 is 49.2 Å². The lowest BCUT2D eigenvalue weighted by Gasteiger charge is -2.42. The molecule has 0 aliphatic rings. The van der Waals surface area contributed by atoms with Crippen LogP contribution in [0, 0.1) is 0 Å². The molecule has 0 aromatic heterocycles. The van der Waals surface area contributed by atoms with Crippen LogP contribution in [0.4, 0.5) is 57.1 Å². The molecule has 0 aliphatic carbocycles. The lowest BCUT2D eigenvalue weighted by atomic mass is 9.92. The Kier molecular flexibility index (Phi) is 8.21. The molecule has 2 nitrogen and oxygen atoms in total. The van der Waals surface area contributed by atoms with E-state index in [4.69, 9.17) is 0 Å². The van der Waals surface area contributed by atoms with Crippen LogP contribution in [0.2, 0.25) is 0 Å². The predicted molar refractivity (Wildman–Crippen MR) is 69.3 cm³/mol. The molecule has 0 rings (SSSR count). The predicted octanol–water partition coefficient (Wildman–Crippen LogP) is 5.26. The van der Waals surface area contributed by atoms with Gasteiger partial charge in [0.1, 0.15) is 0 Å². The van der Waals surface area contributed by atoms with Crippen molar-refractivity contribution in [1.82, 2.24) is 0 Å². The summed E-state index contributed by atoms with van der Waals surface area (Å²) in [6, 6.07) is 0. The van der Waals surface area contributed by atoms with Gasteiger partial charge in [0.05, 0.1) is 0 Å². The van der Waals surface area contributed by atoms with Crippen molar-refractivity contribution in [3.63, 3.8) is 0 Å². The molecule has 0 saturated heterocycles. The summed E-state index contributed by atoms with van der Waals surface area (Å²) in [5, 5.41) is 0. The molecule has 0 aliphatic heterocycles. The molecule has 0 saturated carbocycles. The molecule has 28 heavy (non-hydrogen) atoms. The number of rotatable bonds is 11. The molecule has 0 N–H and O–H groups in total. The second-order valence-corrected chi connectivity index (χ2v) is 7.46. The van der Waals surface area contributed by atoms with Crippen molar-refractivity contribution < 1.29 is 64.7 Å². The van der Waals surface area contributed by atoms with Crippen LogP contribution in [-0.4, -0.2) is 68.6 Å². The standard InChI is InChI=1S/C8H4F13.2C2H5O.Al/c1-2(9)4(12,13)6(16,17)8(20,21)7(18,19)5(14,15)3(10)11;2*1-2-3;/h2H,1H3;2*2H2,1H3;/q;2*-1;+2. The van der Waals surface area contributed by atoms with Crippen LogP contribution in [0.5, 0.6) is 0 Å². The molecule has 0 aromatic rings. The van der Waals surface area contributed by atoms with Crippen LogP contribution in [0.1, 0.15) is 20.8 Å². The van der Waals surface area contributed by atoms with Crippen molar-refractivity contribution in [2.45, 2.75) is 61.3 Å². The van der Waals surface area contributed by atoms with Crippen LogP contribution in [0.15, 0.2) is 0 Å².